The molecule has 0 heterocycles. The Morgan fingerprint density at radius 2 is 1.96 bits per heavy atom. The lowest BCUT2D eigenvalue weighted by Crippen LogP contribution is -2.15. The summed E-state index contributed by atoms with van der Waals surface area (Å²) in [5, 5.41) is 2.61. The number of rotatable bonds is 9. The molecule has 0 fully saturated rings. The monoisotopic (exact) mass is 376 g/mol. The second-order valence-corrected chi connectivity index (χ2v) is 9.41. The number of hydrogen-bond acceptors (Lipinski definition) is 2. The zero-order valence-corrected chi connectivity index (χ0v) is 17.8. The Kier molecular flexibility index (Phi) is 9.07. The van der Waals surface area contributed by atoms with Crippen LogP contribution in [-0.4, -0.2) is 13.4 Å². The molecule has 1 aromatic rings. The molecule has 0 saturated carbocycles. The molecular weight excluding hydrogens is 343 g/mol. The van der Waals surface area contributed by atoms with Crippen molar-refractivity contribution in [3.05, 3.63) is 70.5 Å². The van der Waals surface area contributed by atoms with Crippen LogP contribution in [0.1, 0.15) is 51.7 Å². The molecule has 0 aliphatic heterocycles. The van der Waals surface area contributed by atoms with Gasteiger partial charge in [0.1, 0.15) is 5.76 Å². The van der Waals surface area contributed by atoms with E-state index in [1.54, 1.807) is 7.05 Å². The van der Waals surface area contributed by atoms with Crippen LogP contribution in [-0.2, 0) is 15.7 Å². The molecule has 0 aliphatic carbocycles. The smallest absolute Gasteiger partial charge is 0.244 e. The molecular formula is C21H33N2O2P. The Morgan fingerprint density at radius 3 is 2.54 bits per heavy atom. The van der Waals surface area contributed by atoms with Gasteiger partial charge in [0.25, 0.3) is 0 Å². The predicted octanol–water partition coefficient (Wildman–Crippen LogP) is 5.49. The first-order valence-electron chi connectivity index (χ1n) is 8.94. The predicted molar refractivity (Wildman–Crippen MR) is 112 cm³/mol. The summed E-state index contributed by atoms with van der Waals surface area (Å²) < 4.78 is 17.6. The van der Waals surface area contributed by atoms with Gasteiger partial charge in [-0.3, -0.25) is 15.2 Å². The first-order valence-corrected chi connectivity index (χ1v) is 10.9. The van der Waals surface area contributed by atoms with Crippen molar-refractivity contribution in [2.45, 2.75) is 47.0 Å². The highest BCUT2D eigenvalue weighted by atomic mass is 31.2. The quantitative estimate of drug-likeness (QED) is 0.340. The van der Waals surface area contributed by atoms with Gasteiger partial charge in [-0.1, -0.05) is 55.3 Å². The summed E-state index contributed by atoms with van der Waals surface area (Å²) in [6, 6.07) is 8.67. The van der Waals surface area contributed by atoms with Crippen molar-refractivity contribution in [2.24, 2.45) is 5.50 Å². The van der Waals surface area contributed by atoms with Crippen molar-refractivity contribution in [2.75, 3.05) is 13.4 Å². The Labute approximate surface area is 158 Å². The third kappa shape index (κ3) is 8.66. The van der Waals surface area contributed by atoms with Gasteiger partial charge < -0.3 is 4.74 Å². The van der Waals surface area contributed by atoms with Gasteiger partial charge in [-0.2, -0.15) is 0 Å². The molecule has 1 rings (SSSR count). The van der Waals surface area contributed by atoms with E-state index in [0.717, 1.165) is 17.6 Å². The molecule has 0 spiro atoms. The molecule has 1 aromatic carbocycles. The average molecular weight is 376 g/mol. The Bertz CT molecular complexity index is 729. The Hall–Kier alpha value is -1.61. The van der Waals surface area contributed by atoms with Crippen LogP contribution in [0.25, 0.3) is 0 Å². The van der Waals surface area contributed by atoms with E-state index in [9.17, 15) is 4.57 Å². The molecule has 144 valence electrons. The first-order chi connectivity index (χ1) is 12.1. The number of nitrogens with two attached hydrogens (primary N) is 1. The summed E-state index contributed by atoms with van der Waals surface area (Å²) in [6.07, 6.45) is 6.86. The summed E-state index contributed by atoms with van der Waals surface area (Å²) in [4.78, 5) is 0. The fourth-order valence-corrected chi connectivity index (χ4v) is 2.76. The van der Waals surface area contributed by atoms with Crippen LogP contribution in [0.2, 0.25) is 0 Å². The van der Waals surface area contributed by atoms with E-state index < -0.39 is 7.44 Å². The third-order valence-corrected chi connectivity index (χ3v) is 5.15. The first kappa shape index (κ1) is 22.4. The number of benzene rings is 1. The largest absolute Gasteiger partial charge is 0.483 e. The van der Waals surface area contributed by atoms with Crippen molar-refractivity contribution >= 4 is 7.44 Å². The maximum absolute atomic E-state index is 11.9. The van der Waals surface area contributed by atoms with Crippen LogP contribution in [0.15, 0.2) is 59.4 Å². The highest BCUT2D eigenvalue weighted by molar-refractivity contribution is 7.59. The van der Waals surface area contributed by atoms with Gasteiger partial charge in [0.2, 0.25) is 7.44 Å². The molecule has 5 heteroatoms. The minimum atomic E-state index is -2.95. The molecule has 0 aromatic heterocycles. The van der Waals surface area contributed by atoms with Crippen molar-refractivity contribution in [3.8, 4) is 0 Å². The van der Waals surface area contributed by atoms with E-state index in [1.807, 2.05) is 32.9 Å². The Balaban J connectivity index is 2.90. The second-order valence-electron chi connectivity index (χ2n) is 7.11. The van der Waals surface area contributed by atoms with Gasteiger partial charge in [0, 0.05) is 0 Å². The number of ether oxygens (including phenoxy) is 1. The summed E-state index contributed by atoms with van der Waals surface area (Å²) in [6.45, 7) is 10.4. The molecule has 3 N–H and O–H groups in total. The average Bonchev–Trinajstić information content (AvgIpc) is 2.58. The van der Waals surface area contributed by atoms with Gasteiger partial charge >= 0.3 is 0 Å². The maximum Gasteiger partial charge on any atom is 0.244 e. The normalized spacial score (nSPS) is 14.9. The van der Waals surface area contributed by atoms with Crippen LogP contribution >= 0.6 is 7.44 Å². The van der Waals surface area contributed by atoms with Crippen molar-refractivity contribution in [1.82, 2.24) is 5.09 Å². The molecule has 1 unspecified atom stereocenters. The molecule has 4 nitrogen and oxygen atoms in total. The van der Waals surface area contributed by atoms with E-state index in [4.69, 9.17) is 10.2 Å². The van der Waals surface area contributed by atoms with Gasteiger partial charge in [0.15, 0.2) is 6.35 Å². The number of allylic oxidation sites excluding steroid dienone is 5. The minimum Gasteiger partial charge on any atom is -0.483 e. The van der Waals surface area contributed by atoms with E-state index in [-0.39, 0.29) is 6.35 Å². The highest BCUT2D eigenvalue weighted by Gasteiger charge is 2.13. The molecule has 0 radical (unpaired) electrons. The van der Waals surface area contributed by atoms with Crippen molar-refractivity contribution < 1.29 is 9.30 Å². The minimum absolute atomic E-state index is 0.0389. The van der Waals surface area contributed by atoms with Gasteiger partial charge in [0.05, 0.1) is 0 Å². The summed E-state index contributed by atoms with van der Waals surface area (Å²) >= 11 is 0. The lowest BCUT2D eigenvalue weighted by Gasteiger charge is -2.14. The lowest BCUT2D eigenvalue weighted by molar-refractivity contribution is 0.274. The molecule has 1 atom stereocenters. The van der Waals surface area contributed by atoms with Crippen LogP contribution in [0.3, 0.4) is 0 Å². The second kappa shape index (κ2) is 10.5. The van der Waals surface area contributed by atoms with Gasteiger partial charge in [-0.05, 0) is 63.4 Å². The van der Waals surface area contributed by atoms with Crippen LogP contribution in [0, 0.1) is 0 Å². The van der Waals surface area contributed by atoms with Crippen LogP contribution in [0.5, 0.6) is 0 Å². The van der Waals surface area contributed by atoms with Crippen molar-refractivity contribution in [1.29, 1.82) is 0 Å². The molecule has 26 heavy (non-hydrogen) atoms. The summed E-state index contributed by atoms with van der Waals surface area (Å²) in [5.74, 6) is 1.19. The standard InChI is InChI=1S/C21H33N2O2P/c1-16(2)12-21(25-15-26(22,24)23-6)13-18(5)10-11-19-8-7-9-20(14-19)17(3)4/h7-10,12-14,17H,11,15H2,1-6H3,(H3,22,23,24)/b18-10+,21-13+. The van der Waals surface area contributed by atoms with Crippen molar-refractivity contribution in [3.63, 3.8) is 0 Å². The summed E-state index contributed by atoms with van der Waals surface area (Å²) in [7, 11) is -1.38. The van der Waals surface area contributed by atoms with Crippen LogP contribution < -0.4 is 10.6 Å². The zero-order valence-electron chi connectivity index (χ0n) is 16.9. The van der Waals surface area contributed by atoms with Gasteiger partial charge in [-0.15, -0.1) is 0 Å². The topological polar surface area (TPSA) is 64.3 Å². The maximum atomic E-state index is 11.9. The number of hydrogen-bond donors (Lipinski definition) is 2. The highest BCUT2D eigenvalue weighted by Crippen LogP contribution is 2.30. The molecule has 0 amide bonds. The fourth-order valence-electron chi connectivity index (χ4n) is 2.29. The molecule has 0 bridgehead atoms. The van der Waals surface area contributed by atoms with E-state index >= 15 is 0 Å². The number of nitrogens with one attached hydrogen (secondary N) is 1. The summed E-state index contributed by atoms with van der Waals surface area (Å²) in [5.41, 5.74) is 10.5. The lowest BCUT2D eigenvalue weighted by atomic mass is 9.99. The van der Waals surface area contributed by atoms with E-state index in [1.165, 1.54) is 11.1 Å². The Morgan fingerprint density at radius 1 is 1.27 bits per heavy atom. The van der Waals surface area contributed by atoms with Crippen LogP contribution in [0.4, 0.5) is 0 Å². The third-order valence-electron chi connectivity index (χ3n) is 3.88. The van der Waals surface area contributed by atoms with Gasteiger partial charge in [-0.25, -0.2) is 0 Å². The zero-order chi connectivity index (χ0) is 19.7. The van der Waals surface area contributed by atoms with E-state index in [2.05, 4.69) is 49.3 Å². The molecule has 0 saturated heterocycles. The molecule has 0 aliphatic rings. The SMILES string of the molecule is CNP(N)(=O)CO/C(C=C(C)C)=C/C(C)=C/Cc1cccc(C(C)C)c1. The van der Waals surface area contributed by atoms with E-state index in [0.29, 0.717) is 11.7 Å². The fraction of sp³-hybridized carbons (Fsp3) is 0.429.